The highest BCUT2D eigenvalue weighted by Crippen LogP contribution is 2.23. The number of ketones is 1. The number of nitrogen functional groups attached to an aromatic ring is 1. The minimum Gasteiger partial charge on any atom is -0.492 e. The fourth-order valence-corrected chi connectivity index (χ4v) is 2.60. The van der Waals surface area contributed by atoms with Crippen LogP contribution >= 0.6 is 0 Å². The molecule has 1 aromatic carbocycles. The molecule has 3 N–H and O–H groups in total. The molecule has 0 spiro atoms. The van der Waals surface area contributed by atoms with Gasteiger partial charge in [-0.1, -0.05) is 0 Å². The first kappa shape index (κ1) is 17.7. The fraction of sp³-hybridized carbons (Fsp3) is 0.588. The Labute approximate surface area is 137 Å². The van der Waals surface area contributed by atoms with Crippen LogP contribution in [0.2, 0.25) is 0 Å². The first-order chi connectivity index (χ1) is 11.1. The van der Waals surface area contributed by atoms with Crippen LogP contribution in [0.25, 0.3) is 0 Å². The van der Waals surface area contributed by atoms with Crippen LogP contribution in [0.15, 0.2) is 18.2 Å². The van der Waals surface area contributed by atoms with Crippen LogP contribution in [0, 0.1) is 0 Å². The Kier molecular flexibility index (Phi) is 6.83. The number of anilines is 1. The highest BCUT2D eigenvalue weighted by molar-refractivity contribution is 6.00. The number of benzene rings is 1. The number of carbonyl (C=O) groups is 1. The molecule has 128 valence electrons. The molecule has 1 saturated heterocycles. The van der Waals surface area contributed by atoms with Gasteiger partial charge >= 0.3 is 0 Å². The molecular formula is C17H27N3O3. The fourth-order valence-electron chi connectivity index (χ4n) is 2.60. The van der Waals surface area contributed by atoms with Crippen LogP contribution in [0.1, 0.15) is 24.2 Å². The summed E-state index contributed by atoms with van der Waals surface area (Å²) in [4.78, 5) is 14.8. The van der Waals surface area contributed by atoms with Crippen molar-refractivity contribution in [1.82, 2.24) is 10.2 Å². The predicted octanol–water partition coefficient (Wildman–Crippen LogP) is 1.16. The molecule has 1 aromatic rings. The second-order valence-corrected chi connectivity index (χ2v) is 5.68. The largest absolute Gasteiger partial charge is 0.492 e. The van der Waals surface area contributed by atoms with E-state index < -0.39 is 0 Å². The SMILES string of the molecule is CCOc1ccc(C(=O)C(C)NCCN2CCOCC2)cc1N. The average Bonchev–Trinajstić information content (AvgIpc) is 2.57. The smallest absolute Gasteiger partial charge is 0.179 e. The van der Waals surface area contributed by atoms with Gasteiger partial charge in [0.05, 0.1) is 31.5 Å². The van der Waals surface area contributed by atoms with E-state index in [1.165, 1.54) is 0 Å². The van der Waals surface area contributed by atoms with Crippen molar-refractivity contribution in [1.29, 1.82) is 0 Å². The molecule has 2 rings (SSSR count). The lowest BCUT2D eigenvalue weighted by atomic mass is 10.0. The summed E-state index contributed by atoms with van der Waals surface area (Å²) in [6.45, 7) is 9.54. The van der Waals surface area contributed by atoms with Crippen molar-refractivity contribution in [2.75, 3.05) is 51.7 Å². The van der Waals surface area contributed by atoms with E-state index in [0.717, 1.165) is 39.4 Å². The number of Topliss-reactive ketones (excluding diaryl/α,β-unsaturated/α-hetero) is 1. The van der Waals surface area contributed by atoms with Gasteiger partial charge < -0.3 is 20.5 Å². The number of hydrogen-bond donors (Lipinski definition) is 2. The van der Waals surface area contributed by atoms with Gasteiger partial charge in [-0.3, -0.25) is 9.69 Å². The minimum atomic E-state index is -0.242. The lowest BCUT2D eigenvalue weighted by Crippen LogP contribution is -2.43. The molecule has 1 fully saturated rings. The molecule has 0 amide bonds. The maximum atomic E-state index is 12.5. The van der Waals surface area contributed by atoms with Crippen molar-refractivity contribution in [3.05, 3.63) is 23.8 Å². The summed E-state index contributed by atoms with van der Waals surface area (Å²) in [6, 6.07) is 4.97. The normalized spacial score (nSPS) is 17.0. The van der Waals surface area contributed by atoms with Gasteiger partial charge in [0.1, 0.15) is 5.75 Å². The van der Waals surface area contributed by atoms with Gasteiger partial charge in [-0.25, -0.2) is 0 Å². The van der Waals surface area contributed by atoms with Gasteiger partial charge in [-0.15, -0.1) is 0 Å². The van der Waals surface area contributed by atoms with Crippen molar-refractivity contribution in [2.24, 2.45) is 0 Å². The Morgan fingerprint density at radius 2 is 2.17 bits per heavy atom. The molecule has 0 radical (unpaired) electrons. The third-order valence-corrected chi connectivity index (χ3v) is 3.97. The Bertz CT molecular complexity index is 516. The molecule has 0 aromatic heterocycles. The summed E-state index contributed by atoms with van der Waals surface area (Å²) >= 11 is 0. The molecule has 0 aliphatic carbocycles. The number of morpholine rings is 1. The van der Waals surface area contributed by atoms with Crippen LogP contribution in [0.4, 0.5) is 5.69 Å². The van der Waals surface area contributed by atoms with Gasteiger partial charge in [-0.05, 0) is 32.0 Å². The van der Waals surface area contributed by atoms with Gasteiger partial charge in [0.2, 0.25) is 0 Å². The Morgan fingerprint density at radius 1 is 1.43 bits per heavy atom. The molecule has 1 aliphatic heterocycles. The molecule has 1 unspecified atom stereocenters. The van der Waals surface area contributed by atoms with Gasteiger partial charge in [0.25, 0.3) is 0 Å². The molecule has 1 heterocycles. The van der Waals surface area contributed by atoms with Crippen molar-refractivity contribution < 1.29 is 14.3 Å². The average molecular weight is 321 g/mol. The van der Waals surface area contributed by atoms with Crippen molar-refractivity contribution in [2.45, 2.75) is 19.9 Å². The molecule has 6 nitrogen and oxygen atoms in total. The molecule has 0 bridgehead atoms. The number of ether oxygens (including phenoxy) is 2. The Morgan fingerprint density at radius 3 is 2.83 bits per heavy atom. The van der Waals surface area contributed by atoms with Crippen molar-refractivity contribution in [3.8, 4) is 5.75 Å². The molecule has 1 atom stereocenters. The zero-order valence-corrected chi connectivity index (χ0v) is 14.0. The van der Waals surface area contributed by atoms with Crippen LogP contribution in [-0.2, 0) is 4.74 Å². The van der Waals surface area contributed by atoms with Gasteiger partial charge in [0, 0.05) is 31.7 Å². The van der Waals surface area contributed by atoms with E-state index in [4.69, 9.17) is 15.2 Å². The van der Waals surface area contributed by atoms with E-state index in [1.54, 1.807) is 18.2 Å². The second-order valence-electron chi connectivity index (χ2n) is 5.68. The third kappa shape index (κ3) is 5.20. The van der Waals surface area contributed by atoms with E-state index >= 15 is 0 Å². The van der Waals surface area contributed by atoms with Gasteiger partial charge in [-0.2, -0.15) is 0 Å². The van der Waals surface area contributed by atoms with E-state index in [9.17, 15) is 4.79 Å². The number of nitrogens with one attached hydrogen (secondary N) is 1. The predicted molar refractivity (Wildman–Crippen MR) is 91.1 cm³/mol. The van der Waals surface area contributed by atoms with Crippen LogP contribution in [-0.4, -0.2) is 62.7 Å². The standard InChI is InChI=1S/C17H27N3O3/c1-3-23-16-5-4-14(12-15(16)18)17(21)13(2)19-6-7-20-8-10-22-11-9-20/h4-5,12-13,19H,3,6-11,18H2,1-2H3. The molecule has 6 heteroatoms. The third-order valence-electron chi connectivity index (χ3n) is 3.97. The second kappa shape index (κ2) is 8.86. The van der Waals surface area contributed by atoms with Crippen LogP contribution in [0.5, 0.6) is 5.75 Å². The summed E-state index contributed by atoms with van der Waals surface area (Å²) in [5.74, 6) is 0.665. The van der Waals surface area contributed by atoms with Crippen molar-refractivity contribution >= 4 is 11.5 Å². The molecular weight excluding hydrogens is 294 g/mol. The zero-order valence-electron chi connectivity index (χ0n) is 14.0. The van der Waals surface area contributed by atoms with E-state index in [-0.39, 0.29) is 11.8 Å². The van der Waals surface area contributed by atoms with E-state index in [2.05, 4.69) is 10.2 Å². The molecule has 23 heavy (non-hydrogen) atoms. The van der Waals surface area contributed by atoms with Crippen LogP contribution < -0.4 is 15.8 Å². The van der Waals surface area contributed by atoms with Crippen LogP contribution in [0.3, 0.4) is 0 Å². The number of hydrogen-bond acceptors (Lipinski definition) is 6. The Balaban J connectivity index is 1.82. The Hall–Kier alpha value is -1.63. The molecule has 0 saturated carbocycles. The van der Waals surface area contributed by atoms with E-state index in [1.807, 2.05) is 13.8 Å². The van der Waals surface area contributed by atoms with Crippen molar-refractivity contribution in [3.63, 3.8) is 0 Å². The first-order valence-corrected chi connectivity index (χ1v) is 8.22. The highest BCUT2D eigenvalue weighted by atomic mass is 16.5. The maximum Gasteiger partial charge on any atom is 0.179 e. The quantitative estimate of drug-likeness (QED) is 0.553. The maximum absolute atomic E-state index is 12.5. The minimum absolute atomic E-state index is 0.0433. The summed E-state index contributed by atoms with van der Waals surface area (Å²) in [5.41, 5.74) is 7.03. The number of carbonyl (C=O) groups excluding carboxylic acids is 1. The van der Waals surface area contributed by atoms with Gasteiger partial charge in [0.15, 0.2) is 5.78 Å². The van der Waals surface area contributed by atoms with E-state index in [0.29, 0.717) is 23.6 Å². The number of rotatable bonds is 8. The highest BCUT2D eigenvalue weighted by Gasteiger charge is 2.17. The monoisotopic (exact) mass is 321 g/mol. The summed E-state index contributed by atoms with van der Waals surface area (Å²) in [5, 5.41) is 3.28. The lowest BCUT2D eigenvalue weighted by Gasteiger charge is -2.27. The summed E-state index contributed by atoms with van der Waals surface area (Å²) < 4.78 is 10.7. The summed E-state index contributed by atoms with van der Waals surface area (Å²) in [6.07, 6.45) is 0. The lowest BCUT2D eigenvalue weighted by molar-refractivity contribution is 0.0381. The summed E-state index contributed by atoms with van der Waals surface area (Å²) in [7, 11) is 0. The number of nitrogens with zero attached hydrogens (tertiary/aromatic N) is 1. The topological polar surface area (TPSA) is 76.8 Å². The molecule has 1 aliphatic rings. The zero-order chi connectivity index (χ0) is 16.7. The number of nitrogens with two attached hydrogens (primary N) is 1. The first-order valence-electron chi connectivity index (χ1n) is 8.22.